The van der Waals surface area contributed by atoms with Gasteiger partial charge in [-0.15, -0.1) is 13.2 Å². The predicted octanol–water partition coefficient (Wildman–Crippen LogP) is 3.03. The number of amides is 1. The smallest absolute Gasteiger partial charge is 0.406 e. The van der Waals surface area contributed by atoms with Crippen molar-refractivity contribution in [2.75, 3.05) is 5.32 Å². The minimum absolute atomic E-state index is 0.0297. The first-order valence-corrected chi connectivity index (χ1v) is 9.45. The maximum absolute atomic E-state index is 12.8. The molecule has 0 aliphatic heterocycles. The van der Waals surface area contributed by atoms with E-state index in [4.69, 9.17) is 0 Å². The number of nitro groups is 1. The number of fused-ring (bicyclic) bond motifs is 1. The van der Waals surface area contributed by atoms with Gasteiger partial charge >= 0.3 is 6.36 Å². The minimum atomic E-state index is -4.84. The SMILES string of the molecule is O=C(Cn1cnc2c(cnn2-c2ccccc2[N+](=O)[O-])c1=O)Nc1ccc(OC(F)(F)F)cc1. The summed E-state index contributed by atoms with van der Waals surface area (Å²) in [6.07, 6.45) is -2.55. The van der Waals surface area contributed by atoms with E-state index in [0.717, 1.165) is 27.7 Å². The second kappa shape index (κ2) is 8.65. The molecule has 0 atom stereocenters. The van der Waals surface area contributed by atoms with Crippen LogP contribution in [0.4, 0.5) is 24.5 Å². The van der Waals surface area contributed by atoms with E-state index < -0.39 is 35.0 Å². The van der Waals surface area contributed by atoms with Crippen LogP contribution in [0.5, 0.6) is 5.75 Å². The largest absolute Gasteiger partial charge is 0.573 e. The summed E-state index contributed by atoms with van der Waals surface area (Å²) in [6.45, 7) is -0.445. The molecule has 0 aliphatic carbocycles. The molecule has 34 heavy (non-hydrogen) atoms. The number of alkyl halides is 3. The van der Waals surface area contributed by atoms with Gasteiger partial charge in [-0.05, 0) is 30.3 Å². The number of hydrogen-bond acceptors (Lipinski definition) is 7. The van der Waals surface area contributed by atoms with Crippen LogP contribution in [0.25, 0.3) is 16.7 Å². The number of nitro benzene ring substituents is 1. The first-order valence-electron chi connectivity index (χ1n) is 9.45. The summed E-state index contributed by atoms with van der Waals surface area (Å²) < 4.78 is 42.6. The molecule has 0 spiro atoms. The standard InChI is InChI=1S/C20H13F3N6O5/c21-20(22,23)34-13-7-5-12(6-8-13)26-17(30)10-27-11-24-18-14(19(27)31)9-25-28(18)15-3-1-2-4-16(15)29(32)33/h1-9,11H,10H2,(H,26,30). The number of nitrogens with one attached hydrogen (secondary N) is 1. The van der Waals surface area contributed by atoms with E-state index in [1.54, 1.807) is 6.07 Å². The van der Waals surface area contributed by atoms with Gasteiger partial charge in [-0.3, -0.25) is 24.3 Å². The lowest BCUT2D eigenvalue weighted by molar-refractivity contribution is -0.384. The molecule has 1 amide bonds. The molecule has 0 unspecified atom stereocenters. The summed E-state index contributed by atoms with van der Waals surface area (Å²) in [4.78, 5) is 40.0. The number of ether oxygens (including phenoxy) is 1. The van der Waals surface area contributed by atoms with Crippen LogP contribution in [0.3, 0.4) is 0 Å². The number of aromatic nitrogens is 4. The summed E-state index contributed by atoms with van der Waals surface area (Å²) >= 11 is 0. The highest BCUT2D eigenvalue weighted by Crippen LogP contribution is 2.25. The maximum Gasteiger partial charge on any atom is 0.573 e. The zero-order valence-corrected chi connectivity index (χ0v) is 16.9. The Kier molecular flexibility index (Phi) is 5.71. The number of anilines is 1. The van der Waals surface area contributed by atoms with Crippen LogP contribution in [-0.2, 0) is 11.3 Å². The Morgan fingerprint density at radius 1 is 1.15 bits per heavy atom. The molecule has 0 fully saturated rings. The third kappa shape index (κ3) is 4.69. The van der Waals surface area contributed by atoms with E-state index in [1.165, 1.54) is 36.5 Å². The Labute approximate surface area is 187 Å². The molecule has 11 nitrogen and oxygen atoms in total. The van der Waals surface area contributed by atoms with Gasteiger partial charge < -0.3 is 10.1 Å². The molecule has 1 N–H and O–H groups in total. The van der Waals surface area contributed by atoms with Crippen molar-refractivity contribution in [2.24, 2.45) is 0 Å². The van der Waals surface area contributed by atoms with Crippen LogP contribution in [0, 0.1) is 10.1 Å². The van der Waals surface area contributed by atoms with E-state index in [0.29, 0.717) is 0 Å². The van der Waals surface area contributed by atoms with E-state index in [2.05, 4.69) is 20.1 Å². The number of rotatable bonds is 6. The summed E-state index contributed by atoms with van der Waals surface area (Å²) in [7, 11) is 0. The monoisotopic (exact) mass is 474 g/mol. The van der Waals surface area contributed by atoms with Crippen molar-refractivity contribution in [1.82, 2.24) is 19.3 Å². The predicted molar refractivity (Wildman–Crippen MR) is 112 cm³/mol. The van der Waals surface area contributed by atoms with Crippen molar-refractivity contribution in [1.29, 1.82) is 0 Å². The molecule has 0 radical (unpaired) electrons. The van der Waals surface area contributed by atoms with Gasteiger partial charge in [0.15, 0.2) is 5.65 Å². The van der Waals surface area contributed by atoms with Crippen molar-refractivity contribution < 1.29 is 27.6 Å². The first kappa shape index (κ1) is 22.4. The van der Waals surface area contributed by atoms with E-state index in [-0.39, 0.29) is 28.1 Å². The molecule has 0 saturated heterocycles. The van der Waals surface area contributed by atoms with Crippen LogP contribution in [0.2, 0.25) is 0 Å². The van der Waals surface area contributed by atoms with Crippen molar-refractivity contribution in [3.05, 3.63) is 81.5 Å². The molecule has 0 bridgehead atoms. The fourth-order valence-corrected chi connectivity index (χ4v) is 3.13. The topological polar surface area (TPSA) is 134 Å². The highest BCUT2D eigenvalue weighted by Gasteiger charge is 2.31. The van der Waals surface area contributed by atoms with Crippen LogP contribution in [0.1, 0.15) is 0 Å². The molecule has 4 rings (SSSR count). The summed E-state index contributed by atoms with van der Waals surface area (Å²) in [5.74, 6) is -1.09. The molecule has 0 saturated carbocycles. The van der Waals surface area contributed by atoms with E-state index >= 15 is 0 Å². The zero-order chi connectivity index (χ0) is 24.5. The minimum Gasteiger partial charge on any atom is -0.406 e. The van der Waals surface area contributed by atoms with Crippen LogP contribution < -0.4 is 15.6 Å². The van der Waals surface area contributed by atoms with Gasteiger partial charge in [0.1, 0.15) is 29.7 Å². The van der Waals surface area contributed by atoms with E-state index in [9.17, 15) is 32.9 Å². The van der Waals surface area contributed by atoms with Gasteiger partial charge in [0, 0.05) is 11.8 Å². The number of halogens is 3. The molecule has 2 aromatic carbocycles. The Bertz CT molecular complexity index is 1450. The average molecular weight is 474 g/mol. The van der Waals surface area contributed by atoms with Gasteiger partial charge in [-0.2, -0.15) is 5.10 Å². The van der Waals surface area contributed by atoms with Crippen molar-refractivity contribution >= 4 is 28.3 Å². The molecule has 2 aromatic heterocycles. The highest BCUT2D eigenvalue weighted by atomic mass is 19.4. The lowest BCUT2D eigenvalue weighted by Crippen LogP contribution is -2.27. The molecular formula is C20H13F3N6O5. The quantitative estimate of drug-likeness (QED) is 0.335. The average Bonchev–Trinajstić information content (AvgIpc) is 3.21. The van der Waals surface area contributed by atoms with Crippen LogP contribution >= 0.6 is 0 Å². The van der Waals surface area contributed by atoms with Crippen LogP contribution in [0.15, 0.2) is 65.8 Å². The normalized spacial score (nSPS) is 11.4. The Hall–Kier alpha value is -4.75. The van der Waals surface area contributed by atoms with Crippen molar-refractivity contribution in [3.63, 3.8) is 0 Å². The molecule has 0 aliphatic rings. The van der Waals surface area contributed by atoms with Crippen molar-refractivity contribution in [3.8, 4) is 11.4 Å². The summed E-state index contributed by atoms with van der Waals surface area (Å²) in [6, 6.07) is 10.3. The van der Waals surface area contributed by atoms with Gasteiger partial charge in [0.2, 0.25) is 5.91 Å². The van der Waals surface area contributed by atoms with Crippen molar-refractivity contribution in [2.45, 2.75) is 12.9 Å². The fourth-order valence-electron chi connectivity index (χ4n) is 3.13. The number of nitrogens with zero attached hydrogens (tertiary/aromatic N) is 5. The van der Waals surface area contributed by atoms with Gasteiger partial charge in [0.05, 0.1) is 11.1 Å². The fraction of sp³-hybridized carbons (Fsp3) is 0.100. The number of para-hydroxylation sites is 2. The zero-order valence-electron chi connectivity index (χ0n) is 16.9. The maximum atomic E-state index is 12.8. The number of hydrogen-bond donors (Lipinski definition) is 1. The Balaban J connectivity index is 1.54. The first-order chi connectivity index (χ1) is 16.1. The lowest BCUT2D eigenvalue weighted by atomic mass is 10.2. The number of benzene rings is 2. The number of carbonyl (C=O) groups excluding carboxylic acids is 1. The number of carbonyl (C=O) groups is 1. The van der Waals surface area contributed by atoms with E-state index in [1.807, 2.05) is 0 Å². The summed E-state index contributed by atoms with van der Waals surface area (Å²) in [5, 5.41) is 17.8. The Morgan fingerprint density at radius 2 is 1.85 bits per heavy atom. The lowest BCUT2D eigenvalue weighted by Gasteiger charge is -2.10. The Morgan fingerprint density at radius 3 is 2.53 bits per heavy atom. The third-order valence-electron chi connectivity index (χ3n) is 4.55. The summed E-state index contributed by atoms with van der Waals surface area (Å²) in [5.41, 5.74) is -0.478. The second-order valence-corrected chi connectivity index (χ2v) is 6.84. The third-order valence-corrected chi connectivity index (χ3v) is 4.55. The molecule has 2 heterocycles. The molecule has 4 aromatic rings. The van der Waals surface area contributed by atoms with Gasteiger partial charge in [-0.1, -0.05) is 12.1 Å². The molecule has 174 valence electrons. The van der Waals surface area contributed by atoms with Crippen LogP contribution in [-0.4, -0.2) is 36.5 Å². The van der Waals surface area contributed by atoms with Gasteiger partial charge in [0.25, 0.3) is 11.2 Å². The van der Waals surface area contributed by atoms with Gasteiger partial charge in [-0.25, -0.2) is 9.67 Å². The second-order valence-electron chi connectivity index (χ2n) is 6.84. The molecule has 14 heteroatoms. The highest BCUT2D eigenvalue weighted by molar-refractivity contribution is 5.90. The molecular weight excluding hydrogens is 461 g/mol.